The van der Waals surface area contributed by atoms with Crippen LogP contribution in [0, 0.1) is 6.92 Å². The van der Waals surface area contributed by atoms with E-state index in [1.165, 1.54) is 26.0 Å². The summed E-state index contributed by atoms with van der Waals surface area (Å²) in [4.78, 5) is 16.5. The Balaban J connectivity index is 1.67. The number of aliphatic hydroxyl groups excluding tert-OH is 1. The molecule has 0 bridgehead atoms. The zero-order valence-electron chi connectivity index (χ0n) is 22.5. The molecule has 0 aliphatic heterocycles. The van der Waals surface area contributed by atoms with E-state index in [9.17, 15) is 44.7 Å². The molecule has 2 heterocycles. The van der Waals surface area contributed by atoms with E-state index in [-0.39, 0.29) is 21.8 Å². The Bertz CT molecular complexity index is 1790. The number of hydrogen-bond acceptors (Lipinski definition) is 7. The van der Waals surface area contributed by atoms with Gasteiger partial charge in [-0.15, -0.1) is 0 Å². The Morgan fingerprint density at radius 3 is 2.23 bits per heavy atom. The van der Waals surface area contributed by atoms with Gasteiger partial charge in [0.2, 0.25) is 10.0 Å². The normalized spacial score (nSPS) is 12.9. The van der Waals surface area contributed by atoms with Crippen molar-refractivity contribution in [3.05, 3.63) is 71.5 Å². The van der Waals surface area contributed by atoms with E-state index in [0.29, 0.717) is 28.3 Å². The molecule has 2 aromatic heterocycles. The van der Waals surface area contributed by atoms with Gasteiger partial charge in [-0.3, -0.25) is 5.32 Å². The predicted octanol–water partition coefficient (Wildman–Crippen LogP) is 5.40. The molecule has 0 atom stereocenters. The van der Waals surface area contributed by atoms with Crippen LogP contribution in [-0.4, -0.2) is 46.4 Å². The van der Waals surface area contributed by atoms with Gasteiger partial charge in [-0.2, -0.15) is 31.4 Å². The van der Waals surface area contributed by atoms with Crippen molar-refractivity contribution in [1.29, 1.82) is 0 Å². The highest BCUT2D eigenvalue weighted by Crippen LogP contribution is 2.35. The number of carbonyl (C=O) groups excluding carboxylic acids is 1. The van der Waals surface area contributed by atoms with Gasteiger partial charge in [-0.25, -0.2) is 27.4 Å². The van der Waals surface area contributed by atoms with E-state index in [4.69, 9.17) is 4.74 Å². The molecule has 10 nitrogen and oxygen atoms in total. The van der Waals surface area contributed by atoms with Gasteiger partial charge in [-0.1, -0.05) is 18.2 Å². The number of nitrogens with zero attached hydrogens (tertiary/aromatic N) is 3. The maximum absolute atomic E-state index is 13.9. The van der Waals surface area contributed by atoms with Gasteiger partial charge >= 0.3 is 18.4 Å². The third-order valence-electron chi connectivity index (χ3n) is 6.00. The number of rotatable bonds is 7. The Kier molecular flexibility index (Phi) is 8.20. The number of anilines is 1. The van der Waals surface area contributed by atoms with Gasteiger partial charge in [0.1, 0.15) is 0 Å². The van der Waals surface area contributed by atoms with Crippen molar-refractivity contribution in [3.63, 3.8) is 0 Å². The second-order valence-electron chi connectivity index (χ2n) is 9.98. The minimum absolute atomic E-state index is 0.0134. The highest BCUT2D eigenvalue weighted by molar-refractivity contribution is 7.89. The zero-order valence-corrected chi connectivity index (χ0v) is 23.3. The number of aryl methyl sites for hydroxylation is 1. The van der Waals surface area contributed by atoms with Crippen molar-refractivity contribution < 1.29 is 49.4 Å². The van der Waals surface area contributed by atoms with Crippen LogP contribution in [0.2, 0.25) is 0 Å². The van der Waals surface area contributed by atoms with Gasteiger partial charge in [-0.05, 0) is 56.7 Å². The summed E-state index contributed by atoms with van der Waals surface area (Å²) in [5.74, 6) is -0.524. The number of hydrogen-bond donors (Lipinski definition) is 3. The molecule has 0 saturated heterocycles. The number of halogens is 6. The lowest BCUT2D eigenvalue weighted by Gasteiger charge is -2.23. The molecule has 4 rings (SSSR count). The second-order valence-corrected chi connectivity index (χ2v) is 11.7. The van der Waals surface area contributed by atoms with Crippen molar-refractivity contribution >= 4 is 27.5 Å². The number of alkyl halides is 6. The number of benzene rings is 2. The van der Waals surface area contributed by atoms with Crippen LogP contribution in [0.4, 0.5) is 36.8 Å². The lowest BCUT2D eigenvalue weighted by molar-refractivity contribution is -0.142. The standard InChI is InChI=1S/C26H23F6N5O5S/c1-14-4-9-17(43(40,41)36-24(2,3)13-38)10-18(14)35-23(39)42-20-12-33-37-21(26(30,31)32)11-19(34-22(20)37)15-5-7-16(8-6-15)25(27,28)29/h4-12,36,38H,13H2,1-3H3,(H,35,39). The number of ether oxygens (including phenoxy) is 1. The average Bonchev–Trinajstić information content (AvgIpc) is 3.30. The lowest BCUT2D eigenvalue weighted by atomic mass is 10.1. The van der Waals surface area contributed by atoms with E-state index < -0.39 is 63.3 Å². The zero-order chi connectivity index (χ0) is 32.0. The van der Waals surface area contributed by atoms with E-state index in [0.717, 1.165) is 24.4 Å². The maximum Gasteiger partial charge on any atom is 0.433 e. The van der Waals surface area contributed by atoms with E-state index >= 15 is 0 Å². The molecule has 17 heteroatoms. The SMILES string of the molecule is Cc1ccc(S(=O)(=O)NC(C)(C)CO)cc1NC(=O)Oc1cnn2c(C(F)(F)F)cc(-c3ccc(C(F)(F)F)cc3)nc12. The van der Waals surface area contributed by atoms with Crippen molar-refractivity contribution in [2.75, 3.05) is 11.9 Å². The Hall–Kier alpha value is -4.22. The largest absolute Gasteiger partial charge is 0.433 e. The van der Waals surface area contributed by atoms with Crippen LogP contribution < -0.4 is 14.8 Å². The molecule has 43 heavy (non-hydrogen) atoms. The number of fused-ring (bicyclic) bond motifs is 1. The molecule has 0 spiro atoms. The lowest BCUT2D eigenvalue weighted by Crippen LogP contribution is -2.46. The van der Waals surface area contributed by atoms with Crippen LogP contribution >= 0.6 is 0 Å². The molecule has 0 saturated carbocycles. The first-order valence-corrected chi connectivity index (χ1v) is 13.7. The van der Waals surface area contributed by atoms with Crippen LogP contribution in [0.1, 0.15) is 30.7 Å². The first-order chi connectivity index (χ1) is 19.8. The number of aliphatic hydroxyl groups is 1. The van der Waals surface area contributed by atoms with Gasteiger partial charge in [0.05, 0.1) is 34.5 Å². The van der Waals surface area contributed by atoms with Crippen molar-refractivity contribution in [1.82, 2.24) is 19.3 Å². The Morgan fingerprint density at radius 1 is 1.00 bits per heavy atom. The summed E-state index contributed by atoms with van der Waals surface area (Å²) in [6.45, 7) is 3.94. The first kappa shape index (κ1) is 31.7. The summed E-state index contributed by atoms with van der Waals surface area (Å²) >= 11 is 0. The van der Waals surface area contributed by atoms with Crippen LogP contribution in [0.3, 0.4) is 0 Å². The summed E-state index contributed by atoms with van der Waals surface area (Å²) in [6.07, 6.45) is -10.1. The van der Waals surface area contributed by atoms with E-state index in [2.05, 4.69) is 20.1 Å². The van der Waals surface area contributed by atoms with E-state index in [1.807, 2.05) is 0 Å². The maximum atomic E-state index is 13.9. The van der Waals surface area contributed by atoms with Crippen LogP contribution in [0.25, 0.3) is 16.9 Å². The fourth-order valence-corrected chi connectivity index (χ4v) is 5.22. The number of carbonyl (C=O) groups is 1. The fourth-order valence-electron chi connectivity index (χ4n) is 3.79. The number of aromatic nitrogens is 3. The quantitative estimate of drug-likeness (QED) is 0.233. The monoisotopic (exact) mass is 631 g/mol. The molecule has 1 amide bonds. The van der Waals surface area contributed by atoms with Gasteiger partial charge in [0.15, 0.2) is 17.1 Å². The first-order valence-electron chi connectivity index (χ1n) is 12.2. The Labute approximate surface area is 240 Å². The summed E-state index contributed by atoms with van der Waals surface area (Å²) in [5.41, 5.74) is -4.17. The summed E-state index contributed by atoms with van der Waals surface area (Å²) in [7, 11) is -4.14. The van der Waals surface area contributed by atoms with Crippen molar-refractivity contribution in [2.45, 2.75) is 43.6 Å². The van der Waals surface area contributed by atoms with Crippen molar-refractivity contribution in [2.24, 2.45) is 0 Å². The Morgan fingerprint density at radius 2 is 1.65 bits per heavy atom. The van der Waals surface area contributed by atoms with Crippen LogP contribution in [-0.2, 0) is 22.4 Å². The molecule has 0 unspecified atom stereocenters. The highest BCUT2D eigenvalue weighted by Gasteiger charge is 2.36. The number of nitrogens with one attached hydrogen (secondary N) is 2. The smallest absolute Gasteiger partial charge is 0.404 e. The summed E-state index contributed by atoms with van der Waals surface area (Å²) in [6, 6.07) is 7.63. The van der Waals surface area contributed by atoms with Crippen LogP contribution in [0.5, 0.6) is 5.75 Å². The van der Waals surface area contributed by atoms with E-state index in [1.54, 1.807) is 6.92 Å². The topological polar surface area (TPSA) is 135 Å². The molecule has 0 aliphatic rings. The molecule has 4 aromatic rings. The second kappa shape index (κ2) is 11.1. The van der Waals surface area contributed by atoms with Gasteiger partial charge in [0, 0.05) is 11.3 Å². The molecule has 0 aliphatic carbocycles. The molecule has 0 fully saturated rings. The molecular weight excluding hydrogens is 608 g/mol. The molecular formula is C26H23F6N5O5S. The average molecular weight is 632 g/mol. The molecule has 230 valence electrons. The molecule has 0 radical (unpaired) electrons. The van der Waals surface area contributed by atoms with Gasteiger partial charge in [0.25, 0.3) is 0 Å². The van der Waals surface area contributed by atoms with Crippen molar-refractivity contribution in [3.8, 4) is 17.0 Å². The minimum Gasteiger partial charge on any atom is -0.404 e. The molecule has 2 aromatic carbocycles. The third-order valence-corrected chi connectivity index (χ3v) is 7.70. The number of amides is 1. The third kappa shape index (κ3) is 7.06. The number of sulfonamides is 1. The summed E-state index contributed by atoms with van der Waals surface area (Å²) < 4.78 is 114. The molecule has 3 N–H and O–H groups in total. The fraction of sp³-hybridized carbons (Fsp3) is 0.269. The highest BCUT2D eigenvalue weighted by atomic mass is 32.2. The predicted molar refractivity (Wildman–Crippen MR) is 141 cm³/mol. The minimum atomic E-state index is -4.98. The van der Waals surface area contributed by atoms with Gasteiger partial charge < -0.3 is 9.84 Å². The van der Waals surface area contributed by atoms with Crippen LogP contribution in [0.15, 0.2) is 59.6 Å². The summed E-state index contributed by atoms with van der Waals surface area (Å²) in [5, 5.41) is 15.3.